The molecule has 0 fully saturated rings. The highest BCUT2D eigenvalue weighted by atomic mass is 16.5. The Balaban J connectivity index is 1.83. The van der Waals surface area contributed by atoms with Crippen molar-refractivity contribution < 1.29 is 4.52 Å². The van der Waals surface area contributed by atoms with Gasteiger partial charge in [-0.2, -0.15) is 4.98 Å². The molecule has 0 saturated carbocycles. The quantitative estimate of drug-likeness (QED) is 0.870. The molecule has 0 atom stereocenters. The summed E-state index contributed by atoms with van der Waals surface area (Å²) in [5, 5.41) is 7.01. The molecule has 0 aliphatic heterocycles. The standard InChI is InChI=1S/C13H18N4O/c1-10-15-13(18-16-10)9-14-8-11-4-6-12(7-5-11)17(2)3/h4-7,14H,8-9H2,1-3H3. The first kappa shape index (κ1) is 12.6. The van der Waals surface area contributed by atoms with Crippen LogP contribution in [0.3, 0.4) is 0 Å². The van der Waals surface area contributed by atoms with Crippen molar-refractivity contribution in [1.82, 2.24) is 15.5 Å². The molecule has 1 aromatic carbocycles. The lowest BCUT2D eigenvalue weighted by Crippen LogP contribution is -2.13. The van der Waals surface area contributed by atoms with Gasteiger partial charge in [0.1, 0.15) is 0 Å². The van der Waals surface area contributed by atoms with Crippen LogP contribution in [-0.4, -0.2) is 24.2 Å². The molecule has 0 amide bonds. The van der Waals surface area contributed by atoms with E-state index in [-0.39, 0.29) is 0 Å². The third kappa shape index (κ3) is 3.30. The summed E-state index contributed by atoms with van der Waals surface area (Å²) in [5.74, 6) is 1.29. The Hall–Kier alpha value is -1.88. The van der Waals surface area contributed by atoms with Crippen LogP contribution in [-0.2, 0) is 13.1 Å². The van der Waals surface area contributed by atoms with E-state index in [4.69, 9.17) is 4.52 Å². The first-order valence-electron chi connectivity index (χ1n) is 5.91. The zero-order chi connectivity index (χ0) is 13.0. The minimum Gasteiger partial charge on any atom is -0.378 e. The highest BCUT2D eigenvalue weighted by Gasteiger charge is 2.01. The maximum atomic E-state index is 5.02. The molecular formula is C13H18N4O. The van der Waals surface area contributed by atoms with Crippen LogP contribution in [0.2, 0.25) is 0 Å². The number of benzene rings is 1. The number of rotatable bonds is 5. The van der Waals surface area contributed by atoms with Gasteiger partial charge in [-0.15, -0.1) is 0 Å². The van der Waals surface area contributed by atoms with Crippen molar-refractivity contribution in [3.8, 4) is 0 Å². The van der Waals surface area contributed by atoms with E-state index < -0.39 is 0 Å². The second kappa shape index (κ2) is 5.64. The Kier molecular flexibility index (Phi) is 3.94. The Morgan fingerprint density at radius 1 is 1.17 bits per heavy atom. The molecule has 96 valence electrons. The smallest absolute Gasteiger partial charge is 0.240 e. The molecule has 1 heterocycles. The molecular weight excluding hydrogens is 228 g/mol. The van der Waals surface area contributed by atoms with Crippen LogP contribution in [0.15, 0.2) is 28.8 Å². The van der Waals surface area contributed by atoms with Gasteiger partial charge in [-0.3, -0.25) is 0 Å². The maximum absolute atomic E-state index is 5.02. The minimum atomic E-state index is 0.594. The van der Waals surface area contributed by atoms with Crippen molar-refractivity contribution in [3.05, 3.63) is 41.5 Å². The molecule has 5 heteroatoms. The second-order valence-electron chi connectivity index (χ2n) is 4.40. The van der Waals surface area contributed by atoms with E-state index in [1.54, 1.807) is 0 Å². The number of aromatic nitrogens is 2. The number of hydrogen-bond donors (Lipinski definition) is 1. The number of nitrogens with one attached hydrogen (secondary N) is 1. The van der Waals surface area contributed by atoms with E-state index in [0.717, 1.165) is 6.54 Å². The van der Waals surface area contributed by atoms with Gasteiger partial charge in [-0.1, -0.05) is 17.3 Å². The van der Waals surface area contributed by atoms with Gasteiger partial charge >= 0.3 is 0 Å². The first-order chi connectivity index (χ1) is 8.65. The molecule has 0 bridgehead atoms. The lowest BCUT2D eigenvalue weighted by atomic mass is 10.2. The largest absolute Gasteiger partial charge is 0.378 e. The van der Waals surface area contributed by atoms with Crippen LogP contribution in [0.5, 0.6) is 0 Å². The van der Waals surface area contributed by atoms with Crippen LogP contribution in [0, 0.1) is 6.92 Å². The van der Waals surface area contributed by atoms with Crippen LogP contribution in [0.1, 0.15) is 17.3 Å². The monoisotopic (exact) mass is 246 g/mol. The predicted octanol–water partition coefficient (Wildman–Crippen LogP) is 1.73. The van der Waals surface area contributed by atoms with Crippen molar-refractivity contribution in [2.75, 3.05) is 19.0 Å². The second-order valence-corrected chi connectivity index (χ2v) is 4.40. The summed E-state index contributed by atoms with van der Waals surface area (Å²) < 4.78 is 5.02. The third-order valence-electron chi connectivity index (χ3n) is 2.63. The number of nitrogens with zero attached hydrogens (tertiary/aromatic N) is 3. The Morgan fingerprint density at radius 3 is 2.44 bits per heavy atom. The van der Waals surface area contributed by atoms with Gasteiger partial charge in [-0.05, 0) is 24.6 Å². The summed E-state index contributed by atoms with van der Waals surface area (Å²) in [6.07, 6.45) is 0. The average Bonchev–Trinajstić information content (AvgIpc) is 2.76. The zero-order valence-electron chi connectivity index (χ0n) is 11.0. The molecule has 1 aromatic heterocycles. The van der Waals surface area contributed by atoms with Crippen molar-refractivity contribution in [1.29, 1.82) is 0 Å². The summed E-state index contributed by atoms with van der Waals surface area (Å²) in [6, 6.07) is 8.44. The summed E-state index contributed by atoms with van der Waals surface area (Å²) in [6.45, 7) is 3.19. The van der Waals surface area contributed by atoms with Gasteiger partial charge in [0.05, 0.1) is 6.54 Å². The molecule has 0 saturated heterocycles. The molecule has 0 aliphatic carbocycles. The average molecular weight is 246 g/mol. The first-order valence-corrected chi connectivity index (χ1v) is 5.91. The Bertz CT molecular complexity index is 490. The topological polar surface area (TPSA) is 54.2 Å². The van der Waals surface area contributed by atoms with Crippen molar-refractivity contribution in [2.45, 2.75) is 20.0 Å². The Labute approximate surface area is 107 Å². The molecule has 2 rings (SSSR count). The molecule has 0 unspecified atom stereocenters. The molecule has 0 aliphatic rings. The fraction of sp³-hybridized carbons (Fsp3) is 0.385. The normalized spacial score (nSPS) is 10.6. The van der Waals surface area contributed by atoms with Gasteiger partial charge in [0.2, 0.25) is 5.89 Å². The van der Waals surface area contributed by atoms with Gasteiger partial charge in [0.15, 0.2) is 5.82 Å². The lowest BCUT2D eigenvalue weighted by Gasteiger charge is -2.12. The van der Waals surface area contributed by atoms with Crippen molar-refractivity contribution in [2.24, 2.45) is 0 Å². The fourth-order valence-corrected chi connectivity index (χ4v) is 1.64. The highest BCUT2D eigenvalue weighted by molar-refractivity contribution is 5.45. The number of aryl methyl sites for hydroxylation is 1. The van der Waals surface area contributed by atoms with Crippen LogP contribution in [0.4, 0.5) is 5.69 Å². The van der Waals surface area contributed by atoms with Crippen LogP contribution < -0.4 is 10.2 Å². The minimum absolute atomic E-state index is 0.594. The summed E-state index contributed by atoms with van der Waals surface area (Å²) in [7, 11) is 4.07. The van der Waals surface area contributed by atoms with E-state index in [2.05, 4.69) is 44.6 Å². The molecule has 1 N–H and O–H groups in total. The molecule has 18 heavy (non-hydrogen) atoms. The van der Waals surface area contributed by atoms with Gasteiger partial charge in [0.25, 0.3) is 0 Å². The SMILES string of the molecule is Cc1noc(CNCc2ccc(N(C)C)cc2)n1. The van der Waals surface area contributed by atoms with Crippen LogP contribution >= 0.6 is 0 Å². The van der Waals surface area contributed by atoms with E-state index in [1.807, 2.05) is 21.0 Å². The van der Waals surface area contributed by atoms with Gasteiger partial charge < -0.3 is 14.7 Å². The van der Waals surface area contributed by atoms with Gasteiger partial charge in [-0.25, -0.2) is 0 Å². The van der Waals surface area contributed by atoms with Crippen molar-refractivity contribution >= 4 is 5.69 Å². The van der Waals surface area contributed by atoms with Gasteiger partial charge in [0, 0.05) is 26.3 Å². The van der Waals surface area contributed by atoms with E-state index in [1.165, 1.54) is 11.3 Å². The van der Waals surface area contributed by atoms with E-state index in [9.17, 15) is 0 Å². The zero-order valence-corrected chi connectivity index (χ0v) is 11.0. The molecule has 0 spiro atoms. The summed E-state index contributed by atoms with van der Waals surface area (Å²) >= 11 is 0. The number of anilines is 1. The number of hydrogen-bond acceptors (Lipinski definition) is 5. The van der Waals surface area contributed by atoms with E-state index in [0.29, 0.717) is 18.3 Å². The van der Waals surface area contributed by atoms with E-state index >= 15 is 0 Å². The van der Waals surface area contributed by atoms with Crippen LogP contribution in [0.25, 0.3) is 0 Å². The molecule has 5 nitrogen and oxygen atoms in total. The fourth-order valence-electron chi connectivity index (χ4n) is 1.64. The summed E-state index contributed by atoms with van der Waals surface area (Å²) in [4.78, 5) is 6.21. The third-order valence-corrected chi connectivity index (χ3v) is 2.63. The highest BCUT2D eigenvalue weighted by Crippen LogP contribution is 2.12. The Morgan fingerprint density at radius 2 is 1.89 bits per heavy atom. The lowest BCUT2D eigenvalue weighted by molar-refractivity contribution is 0.364. The van der Waals surface area contributed by atoms with Crippen molar-refractivity contribution in [3.63, 3.8) is 0 Å². The predicted molar refractivity (Wildman–Crippen MR) is 70.3 cm³/mol. The molecule has 0 radical (unpaired) electrons. The molecule has 2 aromatic rings. The maximum Gasteiger partial charge on any atom is 0.240 e. The summed E-state index contributed by atoms with van der Waals surface area (Å²) in [5.41, 5.74) is 2.43.